The predicted octanol–water partition coefficient (Wildman–Crippen LogP) is 0.194. The molecular weight excluding hydrogens is 341 g/mol. The van der Waals surface area contributed by atoms with E-state index in [1.807, 2.05) is 22.6 Å². The third kappa shape index (κ3) is 1.85. The van der Waals surface area contributed by atoms with Gasteiger partial charge in [-0.25, -0.2) is 9.97 Å². The highest BCUT2D eigenvalue weighted by molar-refractivity contribution is 14.1. The van der Waals surface area contributed by atoms with Crippen LogP contribution in [0.1, 0.15) is 5.82 Å². The number of nitrogens with zero attached hydrogens (tertiary/aromatic N) is 3. The van der Waals surface area contributed by atoms with Crippen LogP contribution >= 0.6 is 34.8 Å². The lowest BCUT2D eigenvalue weighted by molar-refractivity contribution is 0.934. The lowest BCUT2D eigenvalue weighted by atomic mass is 10.5. The molecule has 0 spiro atoms. The van der Waals surface area contributed by atoms with Crippen molar-refractivity contribution in [3.05, 3.63) is 38.5 Å². The van der Waals surface area contributed by atoms with Gasteiger partial charge >= 0.3 is 0 Å². The second-order valence-electron chi connectivity index (χ2n) is 2.85. The molecule has 0 radical (unpaired) electrons. The Kier molecular flexibility index (Phi) is 3.01. The Bertz CT molecular complexity index is 604. The van der Waals surface area contributed by atoms with E-state index in [0.717, 1.165) is 0 Å². The number of halogens is 1. The molecule has 0 aromatic carbocycles. The lowest BCUT2D eigenvalue weighted by Gasteiger charge is -2.06. The molecule has 0 aliphatic heterocycles. The van der Waals surface area contributed by atoms with E-state index in [1.54, 1.807) is 17.0 Å². The Morgan fingerprint density at radius 2 is 2.31 bits per heavy atom. The molecule has 3 N–H and O–H groups in total. The van der Waals surface area contributed by atoms with Gasteiger partial charge in [0, 0.05) is 12.4 Å². The molecule has 0 fully saturated rings. The lowest BCUT2D eigenvalue weighted by Crippen LogP contribution is -2.20. The number of nitrogens with two attached hydrogens (primary N) is 1. The summed E-state index contributed by atoms with van der Waals surface area (Å²) in [5.41, 5.74) is 5.30. The molecule has 0 amide bonds. The number of aromatic amines is 1. The van der Waals surface area contributed by atoms with Gasteiger partial charge in [0.2, 0.25) is 0 Å². The number of rotatable bonds is 2. The average Bonchev–Trinajstić information content (AvgIpc) is 2.70. The average molecular weight is 347 g/mol. The van der Waals surface area contributed by atoms with E-state index in [0.29, 0.717) is 15.2 Å². The third-order valence-electron chi connectivity index (χ3n) is 1.87. The molecule has 0 saturated heterocycles. The summed E-state index contributed by atoms with van der Waals surface area (Å²) in [5.74, 6) is 0.871. The van der Waals surface area contributed by atoms with Crippen LogP contribution in [0.3, 0.4) is 0 Å². The van der Waals surface area contributed by atoms with Crippen LogP contribution in [0.5, 0.6) is 0 Å². The van der Waals surface area contributed by atoms with Crippen LogP contribution in [0.25, 0.3) is 5.82 Å². The summed E-state index contributed by atoms with van der Waals surface area (Å²) in [5, 5.41) is 0. The third-order valence-corrected chi connectivity index (χ3v) is 3.02. The Morgan fingerprint density at radius 1 is 1.56 bits per heavy atom. The van der Waals surface area contributed by atoms with Crippen LogP contribution in [0.15, 0.2) is 23.5 Å². The van der Waals surface area contributed by atoms with E-state index in [2.05, 4.69) is 15.0 Å². The van der Waals surface area contributed by atoms with Crippen molar-refractivity contribution in [2.24, 2.45) is 5.73 Å². The first kappa shape index (κ1) is 11.2. The summed E-state index contributed by atoms with van der Waals surface area (Å²) < 4.78 is 2.04. The van der Waals surface area contributed by atoms with Gasteiger partial charge in [0.15, 0.2) is 11.6 Å². The normalized spacial score (nSPS) is 10.3. The fourth-order valence-electron chi connectivity index (χ4n) is 1.20. The summed E-state index contributed by atoms with van der Waals surface area (Å²) in [6.45, 7) is 0. The van der Waals surface area contributed by atoms with Gasteiger partial charge in [-0.1, -0.05) is 12.2 Å². The molecule has 2 heterocycles. The quantitative estimate of drug-likeness (QED) is 0.598. The number of aromatic nitrogens is 4. The van der Waals surface area contributed by atoms with Gasteiger partial charge in [0.25, 0.3) is 5.56 Å². The Labute approximate surface area is 109 Å². The highest BCUT2D eigenvalue weighted by Gasteiger charge is 2.12. The first-order chi connectivity index (χ1) is 7.61. The van der Waals surface area contributed by atoms with Gasteiger partial charge in [0.05, 0.1) is 6.33 Å². The summed E-state index contributed by atoms with van der Waals surface area (Å²) in [6.07, 6.45) is 4.52. The standard InChI is InChI=1S/C8H6IN5OS/c9-4-6(12-3-13-8(4)15)14-2-1-11-7(14)5(10)16/h1-3H,(H2,10,16)(H,12,13,15). The molecule has 6 nitrogen and oxygen atoms in total. The van der Waals surface area contributed by atoms with E-state index in [4.69, 9.17) is 18.0 Å². The molecule has 2 rings (SSSR count). The molecule has 0 saturated carbocycles. The van der Waals surface area contributed by atoms with Crippen molar-refractivity contribution in [3.63, 3.8) is 0 Å². The van der Waals surface area contributed by atoms with Crippen LogP contribution in [-0.4, -0.2) is 24.5 Å². The highest BCUT2D eigenvalue weighted by Crippen LogP contribution is 2.11. The molecule has 2 aromatic rings. The van der Waals surface area contributed by atoms with Gasteiger partial charge in [-0.15, -0.1) is 0 Å². The summed E-state index contributed by atoms with van der Waals surface area (Å²) in [4.78, 5) is 22.1. The van der Waals surface area contributed by atoms with Crippen LogP contribution < -0.4 is 11.3 Å². The van der Waals surface area contributed by atoms with Crippen LogP contribution in [0.2, 0.25) is 0 Å². The van der Waals surface area contributed by atoms with Crippen LogP contribution in [0, 0.1) is 3.57 Å². The molecule has 0 unspecified atom stereocenters. The predicted molar refractivity (Wildman–Crippen MR) is 70.6 cm³/mol. The molecule has 0 bridgehead atoms. The fourth-order valence-corrected chi connectivity index (χ4v) is 1.90. The minimum Gasteiger partial charge on any atom is -0.387 e. The van der Waals surface area contributed by atoms with E-state index >= 15 is 0 Å². The first-order valence-corrected chi connectivity index (χ1v) is 5.66. The summed E-state index contributed by atoms with van der Waals surface area (Å²) in [7, 11) is 0. The second-order valence-corrected chi connectivity index (χ2v) is 4.37. The Balaban J connectivity index is 2.68. The van der Waals surface area contributed by atoms with Crippen molar-refractivity contribution in [2.45, 2.75) is 0 Å². The molecule has 2 aromatic heterocycles. The van der Waals surface area contributed by atoms with Crippen LogP contribution in [0.4, 0.5) is 0 Å². The summed E-state index contributed by atoms with van der Waals surface area (Å²) >= 11 is 6.76. The van der Waals surface area contributed by atoms with E-state index < -0.39 is 0 Å². The van der Waals surface area contributed by atoms with Crippen molar-refractivity contribution in [2.75, 3.05) is 0 Å². The maximum absolute atomic E-state index is 11.4. The maximum Gasteiger partial charge on any atom is 0.266 e. The van der Waals surface area contributed by atoms with Crippen molar-refractivity contribution in [3.8, 4) is 5.82 Å². The minimum absolute atomic E-state index is 0.155. The van der Waals surface area contributed by atoms with Gasteiger partial charge < -0.3 is 10.7 Å². The molecular formula is C8H6IN5OS. The Morgan fingerprint density at radius 3 is 3.00 bits per heavy atom. The smallest absolute Gasteiger partial charge is 0.266 e. The van der Waals surface area contributed by atoms with Crippen molar-refractivity contribution in [1.29, 1.82) is 0 Å². The number of imidazole rings is 1. The topological polar surface area (TPSA) is 89.6 Å². The van der Waals surface area contributed by atoms with E-state index in [-0.39, 0.29) is 10.5 Å². The largest absolute Gasteiger partial charge is 0.387 e. The van der Waals surface area contributed by atoms with Gasteiger partial charge in [-0.2, -0.15) is 0 Å². The zero-order chi connectivity index (χ0) is 11.7. The minimum atomic E-state index is -0.215. The summed E-state index contributed by atoms with van der Waals surface area (Å²) in [6, 6.07) is 0. The van der Waals surface area contributed by atoms with Gasteiger partial charge in [0.1, 0.15) is 8.56 Å². The number of hydrogen-bond donors (Lipinski definition) is 2. The van der Waals surface area contributed by atoms with E-state index in [9.17, 15) is 4.79 Å². The Hall–Kier alpha value is -1.29. The monoisotopic (exact) mass is 347 g/mol. The number of thiocarbonyl (C=S) groups is 1. The molecule has 0 aliphatic carbocycles. The van der Waals surface area contributed by atoms with Crippen molar-refractivity contribution in [1.82, 2.24) is 19.5 Å². The molecule has 0 aliphatic rings. The molecule has 8 heteroatoms. The molecule has 82 valence electrons. The van der Waals surface area contributed by atoms with Crippen molar-refractivity contribution < 1.29 is 0 Å². The zero-order valence-electron chi connectivity index (χ0n) is 7.85. The first-order valence-electron chi connectivity index (χ1n) is 4.18. The molecule has 16 heavy (non-hydrogen) atoms. The number of H-pyrrole nitrogens is 1. The zero-order valence-corrected chi connectivity index (χ0v) is 10.8. The van der Waals surface area contributed by atoms with E-state index in [1.165, 1.54) is 6.33 Å². The fraction of sp³-hybridized carbons (Fsp3) is 0. The van der Waals surface area contributed by atoms with Crippen molar-refractivity contribution >= 4 is 39.8 Å². The van der Waals surface area contributed by atoms with Gasteiger partial charge in [-0.05, 0) is 22.6 Å². The SMILES string of the molecule is NC(=S)c1nccn1-c1nc[nH]c(=O)c1I. The highest BCUT2D eigenvalue weighted by atomic mass is 127. The van der Waals surface area contributed by atoms with Crippen LogP contribution in [-0.2, 0) is 0 Å². The number of nitrogens with one attached hydrogen (secondary N) is 1. The number of hydrogen-bond acceptors (Lipinski definition) is 4. The second kappa shape index (κ2) is 4.29. The molecule has 0 atom stereocenters. The van der Waals surface area contributed by atoms with Gasteiger partial charge in [-0.3, -0.25) is 9.36 Å². The maximum atomic E-state index is 11.4.